The summed E-state index contributed by atoms with van der Waals surface area (Å²) in [6, 6.07) is 12.9. The zero-order valence-electron chi connectivity index (χ0n) is 24.3. The molecule has 1 N–H and O–H groups in total. The van der Waals surface area contributed by atoms with Gasteiger partial charge >= 0.3 is 6.09 Å². The van der Waals surface area contributed by atoms with E-state index in [-0.39, 0.29) is 24.4 Å². The van der Waals surface area contributed by atoms with E-state index in [2.05, 4.69) is 31.1 Å². The third kappa shape index (κ3) is 6.97. The van der Waals surface area contributed by atoms with Crippen molar-refractivity contribution in [2.75, 3.05) is 54.4 Å². The van der Waals surface area contributed by atoms with E-state index in [9.17, 15) is 14.9 Å². The maximum Gasteiger partial charge on any atom is 0.410 e. The minimum Gasteiger partial charge on any atom is -0.444 e. The molecule has 0 radical (unpaired) electrons. The molecule has 2 amide bonds. The first-order valence-corrected chi connectivity index (χ1v) is 14.3. The van der Waals surface area contributed by atoms with Crippen LogP contribution in [0.15, 0.2) is 54.9 Å². The number of ether oxygens (including phenoxy) is 1. The summed E-state index contributed by atoms with van der Waals surface area (Å²) in [5.74, 6) is 2.85. The van der Waals surface area contributed by atoms with E-state index in [1.807, 2.05) is 51.1 Å². The second-order valence-electron chi connectivity index (χ2n) is 11.5. The van der Waals surface area contributed by atoms with Crippen LogP contribution in [0.5, 0.6) is 0 Å². The summed E-state index contributed by atoms with van der Waals surface area (Å²) in [5, 5.41) is 12.2. The van der Waals surface area contributed by atoms with Gasteiger partial charge in [0.1, 0.15) is 17.1 Å². The van der Waals surface area contributed by atoms with Gasteiger partial charge in [-0.15, -0.1) is 0 Å². The number of hydrogen-bond donors (Lipinski definition) is 1. The Morgan fingerprint density at radius 1 is 0.929 bits per heavy atom. The van der Waals surface area contributed by atoms with Gasteiger partial charge in [-0.3, -0.25) is 9.78 Å². The van der Waals surface area contributed by atoms with Gasteiger partial charge in [-0.25, -0.2) is 20.0 Å². The average molecular weight is 566 g/mol. The first-order valence-electron chi connectivity index (χ1n) is 14.3. The fourth-order valence-corrected chi connectivity index (χ4v) is 5.09. The number of nitriles is 1. The number of hydrogen-bond acceptors (Lipinski definition) is 9. The Balaban J connectivity index is 1.26. The van der Waals surface area contributed by atoms with E-state index in [1.165, 1.54) is 0 Å². The molecule has 0 atom stereocenters. The lowest BCUT2D eigenvalue weighted by Gasteiger charge is -2.37. The van der Waals surface area contributed by atoms with Crippen molar-refractivity contribution in [1.29, 1.82) is 5.26 Å². The zero-order valence-corrected chi connectivity index (χ0v) is 24.3. The van der Waals surface area contributed by atoms with Crippen LogP contribution in [0.2, 0.25) is 12.6 Å². The molecule has 5 rings (SSSR count). The molecule has 2 fully saturated rings. The number of pyridine rings is 3. The van der Waals surface area contributed by atoms with Crippen molar-refractivity contribution in [3.05, 3.63) is 60.6 Å². The molecule has 2 aliphatic heterocycles. The van der Waals surface area contributed by atoms with Gasteiger partial charge in [-0.2, -0.15) is 0 Å². The quantitative estimate of drug-likeness (QED) is 0.452. The third-order valence-corrected chi connectivity index (χ3v) is 7.30. The average Bonchev–Trinajstić information content (AvgIpc) is 3.01. The predicted molar refractivity (Wildman–Crippen MR) is 163 cm³/mol. The van der Waals surface area contributed by atoms with E-state index in [0.29, 0.717) is 43.3 Å². The number of nitrogens with one attached hydrogen (secondary N) is 1. The first-order chi connectivity index (χ1) is 20.2. The number of carbonyl (C=O) groups excluding carboxylic acids is 2. The molecule has 3 aromatic heterocycles. The Morgan fingerprint density at radius 3 is 2.31 bits per heavy atom. The Bertz CT molecular complexity index is 1470. The van der Waals surface area contributed by atoms with Gasteiger partial charge in [0.05, 0.1) is 29.0 Å². The topological polar surface area (TPSA) is 128 Å². The molecule has 42 heavy (non-hydrogen) atoms. The molecule has 5 heterocycles. The number of anilines is 3. The lowest BCUT2D eigenvalue weighted by Crippen LogP contribution is -2.50. The van der Waals surface area contributed by atoms with Crippen LogP contribution in [0.3, 0.4) is 0 Å². The van der Waals surface area contributed by atoms with Gasteiger partial charge in [-0.05, 0) is 63.7 Å². The molecule has 2 aliphatic rings. The van der Waals surface area contributed by atoms with E-state index in [4.69, 9.17) is 9.72 Å². The van der Waals surface area contributed by atoms with Crippen LogP contribution in [-0.4, -0.2) is 83.4 Å². The lowest BCUT2D eigenvalue weighted by atomic mass is 9.45. The molecule has 216 valence electrons. The molecule has 12 heteroatoms. The van der Waals surface area contributed by atoms with Crippen LogP contribution >= 0.6 is 0 Å². The molecule has 0 spiro atoms. The fourth-order valence-electron chi connectivity index (χ4n) is 5.09. The summed E-state index contributed by atoms with van der Waals surface area (Å²) >= 11 is 0. The van der Waals surface area contributed by atoms with E-state index in [0.717, 1.165) is 37.2 Å². The Morgan fingerprint density at radius 2 is 1.62 bits per heavy atom. The predicted octanol–water partition coefficient (Wildman–Crippen LogP) is 4.23. The fraction of sp³-hybridized carbons (Fsp3) is 0.400. The van der Waals surface area contributed by atoms with Gasteiger partial charge in [0.15, 0.2) is 0 Å². The molecule has 11 nitrogen and oxygen atoms in total. The first kappa shape index (κ1) is 28.9. The number of amides is 2. The van der Waals surface area contributed by atoms with Crippen molar-refractivity contribution in [2.24, 2.45) is 0 Å². The van der Waals surface area contributed by atoms with Crippen LogP contribution < -0.4 is 15.1 Å². The van der Waals surface area contributed by atoms with Gasteiger partial charge in [0.2, 0.25) is 0 Å². The monoisotopic (exact) mass is 566 g/mol. The molecule has 0 unspecified atom stereocenters. The SMILES string of the molecule is CC(C)(C)OC(=O)N1CCN(c2ccncc2NC(=O)c2cccc(-c3cccc(N4CCB(C#N)CC4)n3)n2)CC1. The maximum absolute atomic E-state index is 13.3. The molecular formula is C30H35BN8O3. The summed E-state index contributed by atoms with van der Waals surface area (Å²) < 4.78 is 5.51. The van der Waals surface area contributed by atoms with Gasteiger partial charge in [-0.1, -0.05) is 12.1 Å². The highest BCUT2D eigenvalue weighted by Gasteiger charge is 2.27. The molecule has 0 saturated carbocycles. The summed E-state index contributed by atoms with van der Waals surface area (Å²) in [7, 11) is 0. The molecule has 3 aromatic rings. The van der Waals surface area contributed by atoms with E-state index in [1.54, 1.807) is 29.4 Å². The minimum absolute atomic E-state index is 0.100. The molecule has 2 saturated heterocycles. The number of piperazine rings is 1. The Labute approximate surface area is 246 Å². The van der Waals surface area contributed by atoms with Crippen molar-refractivity contribution in [3.63, 3.8) is 0 Å². The van der Waals surface area contributed by atoms with Crippen molar-refractivity contribution >= 4 is 35.9 Å². The molecule has 0 bridgehead atoms. The summed E-state index contributed by atoms with van der Waals surface area (Å²) in [4.78, 5) is 45.5. The number of nitrogens with zero attached hydrogens (tertiary/aromatic N) is 7. The van der Waals surface area contributed by atoms with Crippen molar-refractivity contribution in [3.8, 4) is 17.4 Å². The van der Waals surface area contributed by atoms with Gasteiger partial charge in [0.25, 0.3) is 12.6 Å². The number of carbonyl (C=O) groups is 2. The maximum atomic E-state index is 13.3. The summed E-state index contributed by atoms with van der Waals surface area (Å²) in [6.45, 7) is 9.44. The zero-order chi connectivity index (χ0) is 29.7. The summed E-state index contributed by atoms with van der Waals surface area (Å²) in [6.07, 6.45) is 4.64. The highest BCUT2D eigenvalue weighted by atomic mass is 16.6. The van der Waals surface area contributed by atoms with E-state index >= 15 is 0 Å². The van der Waals surface area contributed by atoms with Crippen LogP contribution in [-0.2, 0) is 4.74 Å². The minimum atomic E-state index is -0.545. The van der Waals surface area contributed by atoms with Crippen molar-refractivity contribution in [2.45, 2.75) is 39.0 Å². The second kappa shape index (κ2) is 12.5. The molecule has 0 aromatic carbocycles. The Hall–Kier alpha value is -4.66. The smallest absolute Gasteiger partial charge is 0.410 e. The van der Waals surface area contributed by atoms with Crippen LogP contribution in [0.4, 0.5) is 22.0 Å². The second-order valence-corrected chi connectivity index (χ2v) is 11.5. The standard InChI is InChI=1S/C30H35BN8O3/c1-30(2,3)42-29(41)39-18-16-37(17-19-39)26-10-13-33-20-25(26)36-28(40)24-8-4-6-22(34-24)23-7-5-9-27(35-23)38-14-11-31(21-32)12-15-38/h4-10,13,20H,11-12,14-19H2,1-3H3,(H,36,40). The van der Waals surface area contributed by atoms with Crippen LogP contribution in [0.1, 0.15) is 31.3 Å². The Kier molecular flexibility index (Phi) is 8.57. The van der Waals surface area contributed by atoms with Crippen molar-refractivity contribution < 1.29 is 14.3 Å². The highest BCUT2D eigenvalue weighted by molar-refractivity contribution is 6.67. The summed E-state index contributed by atoms with van der Waals surface area (Å²) in [5.41, 5.74) is 2.39. The molecule has 0 aliphatic carbocycles. The third-order valence-electron chi connectivity index (χ3n) is 7.30. The molecular weight excluding hydrogens is 531 g/mol. The lowest BCUT2D eigenvalue weighted by molar-refractivity contribution is 0.0240. The number of rotatable bonds is 5. The van der Waals surface area contributed by atoms with Gasteiger partial charge < -0.3 is 24.8 Å². The van der Waals surface area contributed by atoms with Gasteiger partial charge in [0, 0.05) is 51.4 Å². The normalized spacial score (nSPS) is 15.7. The number of aromatic nitrogens is 3. The van der Waals surface area contributed by atoms with Crippen LogP contribution in [0, 0.1) is 11.2 Å². The van der Waals surface area contributed by atoms with Crippen molar-refractivity contribution in [1.82, 2.24) is 19.9 Å². The highest BCUT2D eigenvalue weighted by Crippen LogP contribution is 2.27. The largest absolute Gasteiger partial charge is 0.444 e. The van der Waals surface area contributed by atoms with E-state index < -0.39 is 5.60 Å². The van der Waals surface area contributed by atoms with Crippen LogP contribution in [0.25, 0.3) is 11.4 Å².